The normalized spacial score (nSPS) is 27.5. The summed E-state index contributed by atoms with van der Waals surface area (Å²) in [6.07, 6.45) is 2.15. The minimum Gasteiger partial charge on any atom is -0.379 e. The van der Waals surface area contributed by atoms with Crippen molar-refractivity contribution in [2.75, 3.05) is 19.8 Å². The van der Waals surface area contributed by atoms with E-state index in [1.165, 1.54) is 0 Å². The maximum absolute atomic E-state index is 12.4. The molecule has 0 radical (unpaired) electrons. The lowest BCUT2D eigenvalue weighted by atomic mass is 9.91. The topological polar surface area (TPSA) is 55.4 Å². The van der Waals surface area contributed by atoms with Crippen LogP contribution in [0.15, 0.2) is 23.1 Å². The van der Waals surface area contributed by atoms with Gasteiger partial charge in [0, 0.05) is 5.54 Å². The van der Waals surface area contributed by atoms with E-state index in [0.717, 1.165) is 24.9 Å². The summed E-state index contributed by atoms with van der Waals surface area (Å²) in [7, 11) is -3.37. The lowest BCUT2D eigenvalue weighted by Gasteiger charge is -2.28. The minimum absolute atomic E-state index is 0.106. The van der Waals surface area contributed by atoms with Crippen molar-refractivity contribution in [1.82, 2.24) is 5.32 Å². The molecule has 0 saturated carbocycles. The molecule has 4 nitrogen and oxygen atoms in total. The molecule has 0 amide bonds. The van der Waals surface area contributed by atoms with Gasteiger partial charge in [-0.05, 0) is 44.0 Å². The van der Waals surface area contributed by atoms with E-state index in [9.17, 15) is 8.42 Å². The number of hydrogen-bond donors (Lipinski definition) is 1. The highest BCUT2D eigenvalue weighted by molar-refractivity contribution is 7.92. The number of rotatable bonds is 3. The highest BCUT2D eigenvalue weighted by Crippen LogP contribution is 2.35. The van der Waals surface area contributed by atoms with Crippen molar-refractivity contribution in [2.24, 2.45) is 0 Å². The fraction of sp³-hybridized carbons (Fsp3) is 0.571. The van der Waals surface area contributed by atoms with Crippen molar-refractivity contribution < 1.29 is 13.2 Å². The van der Waals surface area contributed by atoms with Crippen LogP contribution in [0, 0.1) is 0 Å². The Morgan fingerprint density at radius 1 is 1.40 bits per heavy atom. The standard InChI is InChI=1S/C14H18ClNO3S/c1-14(5-2-6-16-14)10-3-4-13(12(15)7-10)20(17,18)11-8-19-9-11/h3-4,7,11,16H,2,5-6,8-9H2,1H3. The lowest BCUT2D eigenvalue weighted by molar-refractivity contribution is 0.0416. The van der Waals surface area contributed by atoms with Crippen LogP contribution in [0.1, 0.15) is 25.3 Å². The summed E-state index contributed by atoms with van der Waals surface area (Å²) in [5, 5.41) is 3.31. The second-order valence-electron chi connectivity index (χ2n) is 5.71. The molecule has 0 aliphatic carbocycles. The van der Waals surface area contributed by atoms with E-state index in [2.05, 4.69) is 12.2 Å². The lowest BCUT2D eigenvalue weighted by Crippen LogP contribution is -2.40. The number of hydrogen-bond acceptors (Lipinski definition) is 4. The number of halogens is 1. The second-order valence-corrected chi connectivity index (χ2v) is 8.32. The molecule has 0 spiro atoms. The van der Waals surface area contributed by atoms with Crippen LogP contribution in [0.25, 0.3) is 0 Å². The third-order valence-corrected chi connectivity index (χ3v) is 6.83. The third kappa shape index (κ3) is 2.26. The molecule has 2 fully saturated rings. The fourth-order valence-electron chi connectivity index (χ4n) is 2.79. The van der Waals surface area contributed by atoms with Crippen LogP contribution < -0.4 is 5.32 Å². The van der Waals surface area contributed by atoms with Crippen molar-refractivity contribution in [1.29, 1.82) is 0 Å². The molecule has 2 aliphatic rings. The van der Waals surface area contributed by atoms with Gasteiger partial charge in [-0.1, -0.05) is 17.7 Å². The van der Waals surface area contributed by atoms with Crippen molar-refractivity contribution in [2.45, 2.75) is 35.4 Å². The van der Waals surface area contributed by atoms with Gasteiger partial charge in [-0.3, -0.25) is 0 Å². The Kier molecular flexibility index (Phi) is 3.57. The summed E-state index contributed by atoms with van der Waals surface area (Å²) in [6.45, 7) is 3.63. The van der Waals surface area contributed by atoms with Crippen LogP contribution in [-0.2, 0) is 20.1 Å². The van der Waals surface area contributed by atoms with Crippen LogP contribution >= 0.6 is 11.6 Å². The first-order chi connectivity index (χ1) is 9.43. The molecule has 3 rings (SSSR count). The Labute approximate surface area is 124 Å². The van der Waals surface area contributed by atoms with Gasteiger partial charge in [0.05, 0.1) is 23.1 Å². The Bertz CT molecular complexity index is 619. The van der Waals surface area contributed by atoms with E-state index < -0.39 is 15.1 Å². The fourth-order valence-corrected chi connectivity index (χ4v) is 4.79. The molecule has 1 atom stereocenters. The van der Waals surface area contributed by atoms with Crippen LogP contribution in [0.2, 0.25) is 5.02 Å². The predicted molar refractivity (Wildman–Crippen MR) is 77.8 cm³/mol. The Balaban J connectivity index is 1.95. The molecular formula is C14H18ClNO3S. The highest BCUT2D eigenvalue weighted by Gasteiger charge is 2.36. The molecule has 110 valence electrons. The van der Waals surface area contributed by atoms with Crippen molar-refractivity contribution in [3.8, 4) is 0 Å². The van der Waals surface area contributed by atoms with Gasteiger partial charge in [-0.2, -0.15) is 0 Å². The van der Waals surface area contributed by atoms with E-state index in [-0.39, 0.29) is 23.6 Å². The van der Waals surface area contributed by atoms with Gasteiger partial charge in [0.15, 0.2) is 9.84 Å². The summed E-state index contributed by atoms with van der Waals surface area (Å²) in [6, 6.07) is 5.29. The molecule has 1 aromatic carbocycles. The van der Waals surface area contributed by atoms with Crippen molar-refractivity contribution >= 4 is 21.4 Å². The quantitative estimate of drug-likeness (QED) is 0.928. The molecule has 2 heterocycles. The molecule has 0 bridgehead atoms. The zero-order chi connectivity index (χ0) is 14.4. The van der Waals surface area contributed by atoms with Gasteiger partial charge in [0.1, 0.15) is 5.25 Å². The monoisotopic (exact) mass is 315 g/mol. The number of ether oxygens (including phenoxy) is 1. The summed E-state index contributed by atoms with van der Waals surface area (Å²) in [5.74, 6) is 0. The van der Waals surface area contributed by atoms with E-state index in [4.69, 9.17) is 16.3 Å². The molecular weight excluding hydrogens is 298 g/mol. The molecule has 1 unspecified atom stereocenters. The van der Waals surface area contributed by atoms with E-state index >= 15 is 0 Å². The Morgan fingerprint density at radius 3 is 2.65 bits per heavy atom. The Morgan fingerprint density at radius 2 is 2.15 bits per heavy atom. The van der Waals surface area contributed by atoms with Gasteiger partial charge < -0.3 is 10.1 Å². The highest BCUT2D eigenvalue weighted by atomic mass is 35.5. The van der Waals surface area contributed by atoms with Gasteiger partial charge in [-0.15, -0.1) is 0 Å². The summed E-state index contributed by atoms with van der Waals surface area (Å²) in [4.78, 5) is 0.220. The average Bonchev–Trinajstić information content (AvgIpc) is 2.74. The van der Waals surface area contributed by atoms with Crippen molar-refractivity contribution in [3.05, 3.63) is 28.8 Å². The molecule has 1 aromatic rings. The molecule has 20 heavy (non-hydrogen) atoms. The van der Waals surface area contributed by atoms with Gasteiger partial charge in [-0.25, -0.2) is 8.42 Å². The van der Waals surface area contributed by atoms with E-state index in [1.807, 2.05) is 6.07 Å². The maximum atomic E-state index is 12.4. The SMILES string of the molecule is CC1(c2ccc(S(=O)(=O)C3COC3)c(Cl)c2)CCCN1. The first-order valence-electron chi connectivity index (χ1n) is 6.80. The molecule has 0 aromatic heterocycles. The minimum atomic E-state index is -3.37. The van der Waals surface area contributed by atoms with Crippen LogP contribution in [0.3, 0.4) is 0 Å². The van der Waals surface area contributed by atoms with E-state index in [1.54, 1.807) is 12.1 Å². The molecule has 6 heteroatoms. The summed E-state index contributed by atoms with van der Waals surface area (Å²) < 4.78 is 29.7. The van der Waals surface area contributed by atoms with Gasteiger partial charge >= 0.3 is 0 Å². The second kappa shape index (κ2) is 4.98. The van der Waals surface area contributed by atoms with Crippen molar-refractivity contribution in [3.63, 3.8) is 0 Å². The van der Waals surface area contributed by atoms with Crippen LogP contribution in [0.4, 0.5) is 0 Å². The predicted octanol–water partition coefficient (Wildman–Crippen LogP) is 2.11. The molecule has 2 saturated heterocycles. The number of sulfone groups is 1. The third-order valence-electron chi connectivity index (χ3n) is 4.29. The zero-order valence-electron chi connectivity index (χ0n) is 11.4. The first-order valence-corrected chi connectivity index (χ1v) is 8.73. The summed E-state index contributed by atoms with van der Waals surface area (Å²) in [5.41, 5.74) is 0.940. The molecule has 1 N–H and O–H groups in total. The maximum Gasteiger partial charge on any atom is 0.187 e. The smallest absolute Gasteiger partial charge is 0.187 e. The first kappa shape index (κ1) is 14.3. The van der Waals surface area contributed by atoms with E-state index in [0.29, 0.717) is 5.02 Å². The number of nitrogens with one attached hydrogen (secondary N) is 1. The Hall–Kier alpha value is -0.620. The largest absolute Gasteiger partial charge is 0.379 e. The molecule has 2 aliphatic heterocycles. The average molecular weight is 316 g/mol. The zero-order valence-corrected chi connectivity index (χ0v) is 12.9. The van der Waals surface area contributed by atoms with Gasteiger partial charge in [0.25, 0.3) is 0 Å². The van der Waals surface area contributed by atoms with Crippen LogP contribution in [-0.4, -0.2) is 33.4 Å². The summed E-state index contributed by atoms with van der Waals surface area (Å²) >= 11 is 6.23. The van der Waals surface area contributed by atoms with Crippen LogP contribution in [0.5, 0.6) is 0 Å². The number of benzene rings is 1. The van der Waals surface area contributed by atoms with Gasteiger partial charge in [0.2, 0.25) is 0 Å².